The van der Waals surface area contributed by atoms with Crippen molar-refractivity contribution >= 4 is 39.1 Å². The third-order valence-electron chi connectivity index (χ3n) is 3.11. The van der Waals surface area contributed by atoms with Gasteiger partial charge in [-0.15, -0.1) is 11.3 Å². The Hall–Kier alpha value is -1.85. The number of benzene rings is 1. The number of thiazole rings is 1. The van der Waals surface area contributed by atoms with E-state index in [0.29, 0.717) is 16.6 Å². The van der Waals surface area contributed by atoms with Gasteiger partial charge in [0.15, 0.2) is 4.47 Å². The van der Waals surface area contributed by atoms with E-state index in [0.717, 1.165) is 15.9 Å². The first-order chi connectivity index (χ1) is 9.63. The molecule has 0 saturated heterocycles. The summed E-state index contributed by atoms with van der Waals surface area (Å²) < 4.78 is 3.38. The molecule has 0 radical (unpaired) electrons. The van der Waals surface area contributed by atoms with Gasteiger partial charge >= 0.3 is 0 Å². The summed E-state index contributed by atoms with van der Waals surface area (Å²) in [5.74, 6) is -0.0994. The number of fused-ring (bicyclic) bond motifs is 1. The molecule has 2 aromatic heterocycles. The molecule has 3 rings (SSSR count). The number of rotatable bonds is 3. The predicted molar refractivity (Wildman–Crippen MR) is 81.2 cm³/mol. The molecule has 0 unspecified atom stereocenters. The number of carbonyl (C=O) groups is 1. The molecule has 4 nitrogen and oxygen atoms in total. The lowest BCUT2D eigenvalue weighted by Crippen LogP contribution is -2.23. The summed E-state index contributed by atoms with van der Waals surface area (Å²) in [7, 11) is 1.95. The third kappa shape index (κ3) is 2.55. The number of hydrogen-bond donors (Lipinski definition) is 1. The first-order valence-electron chi connectivity index (χ1n) is 6.08. The second-order valence-corrected chi connectivity index (χ2v) is 6.06. The van der Waals surface area contributed by atoms with Gasteiger partial charge in [-0.25, -0.2) is 4.98 Å². The van der Waals surface area contributed by atoms with Gasteiger partial charge in [-0.05, 0) is 30.3 Å². The van der Waals surface area contributed by atoms with Crippen molar-refractivity contribution < 1.29 is 4.79 Å². The normalized spacial score (nSPS) is 10.9. The van der Waals surface area contributed by atoms with Gasteiger partial charge in [0.1, 0.15) is 0 Å². The Morgan fingerprint density at radius 3 is 3.05 bits per heavy atom. The van der Waals surface area contributed by atoms with Gasteiger partial charge in [-0.3, -0.25) is 4.79 Å². The zero-order valence-corrected chi connectivity index (χ0v) is 12.3. The molecule has 0 aliphatic heterocycles. The van der Waals surface area contributed by atoms with Gasteiger partial charge < -0.3 is 9.88 Å². The minimum atomic E-state index is -0.0994. The van der Waals surface area contributed by atoms with Crippen molar-refractivity contribution in [3.8, 4) is 0 Å². The van der Waals surface area contributed by atoms with Crippen LogP contribution in [0.15, 0.2) is 36.5 Å². The maximum atomic E-state index is 12.1. The molecule has 1 N–H and O–H groups in total. The van der Waals surface area contributed by atoms with Crippen LogP contribution in [0.1, 0.15) is 16.1 Å². The average Bonchev–Trinajstić information content (AvgIpc) is 2.99. The van der Waals surface area contributed by atoms with Crippen LogP contribution in [0.5, 0.6) is 0 Å². The third-order valence-corrected chi connectivity index (χ3v) is 4.23. The molecule has 0 aliphatic carbocycles. The van der Waals surface area contributed by atoms with E-state index in [1.54, 1.807) is 6.07 Å². The fraction of sp³-hybridized carbons (Fsp3) is 0.143. The quantitative estimate of drug-likeness (QED) is 0.807. The topological polar surface area (TPSA) is 46.9 Å². The summed E-state index contributed by atoms with van der Waals surface area (Å²) >= 11 is 7.24. The highest BCUT2D eigenvalue weighted by molar-refractivity contribution is 7.22. The monoisotopic (exact) mass is 305 g/mol. The summed E-state index contributed by atoms with van der Waals surface area (Å²) in [6.45, 7) is 0.504. The molecule has 1 amide bonds. The summed E-state index contributed by atoms with van der Waals surface area (Å²) in [6.07, 6.45) is 1.95. The number of carbonyl (C=O) groups excluding carboxylic acids is 1. The van der Waals surface area contributed by atoms with E-state index < -0.39 is 0 Å². The highest BCUT2D eigenvalue weighted by Gasteiger charge is 2.09. The summed E-state index contributed by atoms with van der Waals surface area (Å²) in [6, 6.07) is 9.33. The molecule has 0 spiro atoms. The van der Waals surface area contributed by atoms with E-state index in [4.69, 9.17) is 11.6 Å². The lowest BCUT2D eigenvalue weighted by atomic mass is 10.2. The van der Waals surface area contributed by atoms with Crippen molar-refractivity contribution in [2.45, 2.75) is 6.54 Å². The Morgan fingerprint density at radius 2 is 2.30 bits per heavy atom. The molecule has 20 heavy (non-hydrogen) atoms. The van der Waals surface area contributed by atoms with Crippen molar-refractivity contribution in [1.29, 1.82) is 0 Å². The molecule has 2 heterocycles. The number of halogens is 1. The lowest BCUT2D eigenvalue weighted by Gasteiger charge is -2.06. The zero-order chi connectivity index (χ0) is 14.1. The smallest absolute Gasteiger partial charge is 0.251 e. The summed E-state index contributed by atoms with van der Waals surface area (Å²) in [4.78, 5) is 16.3. The lowest BCUT2D eigenvalue weighted by molar-refractivity contribution is 0.0950. The first kappa shape index (κ1) is 13.1. The van der Waals surface area contributed by atoms with Crippen molar-refractivity contribution in [2.75, 3.05) is 0 Å². The molecule has 0 bridgehead atoms. The number of amides is 1. The van der Waals surface area contributed by atoms with Crippen LogP contribution in [0.25, 0.3) is 10.2 Å². The van der Waals surface area contributed by atoms with Crippen LogP contribution >= 0.6 is 22.9 Å². The molecule has 102 valence electrons. The standard InChI is InChI=1S/C14H12ClN3OS/c1-18-6-2-3-10(18)8-16-13(19)9-4-5-11-12(7-9)20-14(15)17-11/h2-7H,8H2,1H3,(H,16,19). The van der Waals surface area contributed by atoms with Crippen LogP contribution < -0.4 is 5.32 Å². The second kappa shape index (κ2) is 5.26. The first-order valence-corrected chi connectivity index (χ1v) is 7.27. The SMILES string of the molecule is Cn1cccc1CNC(=O)c1ccc2nc(Cl)sc2c1. The second-order valence-electron chi connectivity index (χ2n) is 4.44. The van der Waals surface area contributed by atoms with E-state index in [9.17, 15) is 4.79 Å². The Kier molecular flexibility index (Phi) is 3.46. The van der Waals surface area contributed by atoms with Gasteiger partial charge in [-0.2, -0.15) is 0 Å². The van der Waals surface area contributed by atoms with Crippen LogP contribution in [0.2, 0.25) is 4.47 Å². The fourth-order valence-electron chi connectivity index (χ4n) is 1.99. The van der Waals surface area contributed by atoms with Crippen LogP contribution in [-0.2, 0) is 13.6 Å². The number of hydrogen-bond acceptors (Lipinski definition) is 3. The van der Waals surface area contributed by atoms with E-state index >= 15 is 0 Å². The largest absolute Gasteiger partial charge is 0.353 e. The van der Waals surface area contributed by atoms with E-state index in [1.165, 1.54) is 11.3 Å². The van der Waals surface area contributed by atoms with E-state index in [2.05, 4.69) is 10.3 Å². The zero-order valence-electron chi connectivity index (χ0n) is 10.8. The molecule has 3 aromatic rings. The van der Waals surface area contributed by atoms with Crippen LogP contribution in [0, 0.1) is 0 Å². The minimum Gasteiger partial charge on any atom is -0.353 e. The Labute approximate surface area is 125 Å². The van der Waals surface area contributed by atoms with Gasteiger partial charge in [-0.1, -0.05) is 11.6 Å². The molecule has 0 atom stereocenters. The van der Waals surface area contributed by atoms with Crippen molar-refractivity contribution in [2.24, 2.45) is 7.05 Å². The Balaban J connectivity index is 1.76. The predicted octanol–water partition coefficient (Wildman–Crippen LogP) is 3.22. The van der Waals surface area contributed by atoms with E-state index in [-0.39, 0.29) is 5.91 Å². The minimum absolute atomic E-state index is 0.0994. The van der Waals surface area contributed by atoms with Crippen molar-refractivity contribution in [1.82, 2.24) is 14.9 Å². The maximum Gasteiger partial charge on any atom is 0.251 e. The van der Waals surface area contributed by atoms with Gasteiger partial charge in [0.05, 0.1) is 16.8 Å². The van der Waals surface area contributed by atoms with Crippen LogP contribution in [0.4, 0.5) is 0 Å². The van der Waals surface area contributed by atoms with Gasteiger partial charge in [0.25, 0.3) is 5.91 Å². The number of aromatic nitrogens is 2. The highest BCUT2D eigenvalue weighted by Crippen LogP contribution is 2.26. The molecule has 6 heteroatoms. The van der Waals surface area contributed by atoms with Crippen LogP contribution in [0.3, 0.4) is 0 Å². The molecule has 1 aromatic carbocycles. The number of nitrogens with one attached hydrogen (secondary N) is 1. The van der Waals surface area contributed by atoms with Gasteiger partial charge in [0, 0.05) is 24.5 Å². The molecular formula is C14H12ClN3OS. The molecule has 0 fully saturated rings. The molecular weight excluding hydrogens is 294 g/mol. The fourth-order valence-corrected chi connectivity index (χ4v) is 3.06. The Morgan fingerprint density at radius 1 is 1.45 bits per heavy atom. The highest BCUT2D eigenvalue weighted by atomic mass is 35.5. The maximum absolute atomic E-state index is 12.1. The molecule has 0 aliphatic rings. The summed E-state index contributed by atoms with van der Waals surface area (Å²) in [5.41, 5.74) is 2.49. The number of nitrogens with zero attached hydrogens (tertiary/aromatic N) is 2. The van der Waals surface area contributed by atoms with E-state index in [1.807, 2.05) is 42.1 Å². The van der Waals surface area contributed by atoms with Crippen LogP contribution in [-0.4, -0.2) is 15.5 Å². The summed E-state index contributed by atoms with van der Waals surface area (Å²) in [5, 5.41) is 2.91. The van der Waals surface area contributed by atoms with Gasteiger partial charge in [0.2, 0.25) is 0 Å². The molecule has 0 saturated carbocycles. The number of aryl methyl sites for hydroxylation is 1. The van der Waals surface area contributed by atoms with Crippen molar-refractivity contribution in [3.05, 3.63) is 52.3 Å². The average molecular weight is 306 g/mol. The van der Waals surface area contributed by atoms with Crippen molar-refractivity contribution in [3.63, 3.8) is 0 Å². The Bertz CT molecular complexity index is 778.